The van der Waals surface area contributed by atoms with Crippen molar-refractivity contribution in [2.24, 2.45) is 0 Å². The van der Waals surface area contributed by atoms with Crippen LogP contribution in [0.4, 0.5) is 11.4 Å². The summed E-state index contributed by atoms with van der Waals surface area (Å²) < 4.78 is 49.6. The minimum atomic E-state index is -4.35. The van der Waals surface area contributed by atoms with Crippen LogP contribution in [0.5, 0.6) is 17.2 Å². The molecule has 0 aliphatic carbocycles. The highest BCUT2D eigenvalue weighted by Crippen LogP contribution is 2.37. The minimum absolute atomic E-state index is 0.0596. The Kier molecular flexibility index (Phi) is 9.66. The Hall–Kier alpha value is -3.96. The molecule has 10 nitrogen and oxygen atoms in total. The third kappa shape index (κ3) is 6.73. The van der Waals surface area contributed by atoms with E-state index in [1.54, 1.807) is 32.0 Å². The van der Waals surface area contributed by atoms with Gasteiger partial charge in [0.25, 0.3) is 10.0 Å². The number of ether oxygens (including phenoxy) is 4. The Morgan fingerprint density at radius 2 is 1.56 bits per heavy atom. The standard InChI is InChI=1S/C27H29ClN2O8S/c1-6-38-27(32)18-7-10-21(17(2)13-18)29-26(31)16-30(22-14-19(28)8-11-23(22)35-3)39(33,34)20-9-12-24(36-4)25(15-20)37-5/h7-15H,6,16H2,1-5H3,(H,29,31). The number of carbonyl (C=O) groups excluding carboxylic acids is 2. The van der Waals surface area contributed by atoms with Crippen molar-refractivity contribution in [1.82, 2.24) is 0 Å². The summed E-state index contributed by atoms with van der Waals surface area (Å²) in [7, 11) is -0.153. The maximum atomic E-state index is 13.9. The quantitative estimate of drug-likeness (QED) is 0.327. The van der Waals surface area contributed by atoms with Gasteiger partial charge in [-0.25, -0.2) is 13.2 Å². The maximum absolute atomic E-state index is 13.9. The lowest BCUT2D eigenvalue weighted by molar-refractivity contribution is -0.114. The van der Waals surface area contributed by atoms with E-state index in [9.17, 15) is 18.0 Å². The van der Waals surface area contributed by atoms with Crippen LogP contribution in [0.1, 0.15) is 22.8 Å². The Morgan fingerprint density at radius 3 is 2.18 bits per heavy atom. The molecule has 0 unspecified atom stereocenters. The van der Waals surface area contributed by atoms with Gasteiger partial charge in [0.15, 0.2) is 11.5 Å². The van der Waals surface area contributed by atoms with Crippen LogP contribution < -0.4 is 23.8 Å². The summed E-state index contributed by atoms with van der Waals surface area (Å²) in [5.41, 5.74) is 1.37. The zero-order valence-electron chi connectivity index (χ0n) is 22.1. The van der Waals surface area contributed by atoms with Crippen molar-refractivity contribution in [3.05, 3.63) is 70.7 Å². The van der Waals surface area contributed by atoms with E-state index in [1.165, 1.54) is 57.7 Å². The number of amides is 1. The molecule has 208 valence electrons. The van der Waals surface area contributed by atoms with Gasteiger partial charge in [-0.3, -0.25) is 9.10 Å². The summed E-state index contributed by atoms with van der Waals surface area (Å²) in [6, 6.07) is 13.2. The van der Waals surface area contributed by atoms with E-state index in [0.29, 0.717) is 22.6 Å². The largest absolute Gasteiger partial charge is 0.495 e. The van der Waals surface area contributed by atoms with E-state index >= 15 is 0 Å². The Bertz CT molecular complexity index is 1480. The predicted octanol–water partition coefficient (Wildman–Crippen LogP) is 4.68. The molecule has 0 aliphatic rings. The Balaban J connectivity index is 2.02. The number of esters is 1. The van der Waals surface area contributed by atoms with E-state index in [1.807, 2.05) is 0 Å². The molecule has 39 heavy (non-hydrogen) atoms. The first kappa shape index (κ1) is 29.6. The van der Waals surface area contributed by atoms with Crippen molar-refractivity contribution < 1.29 is 37.0 Å². The molecule has 0 atom stereocenters. The minimum Gasteiger partial charge on any atom is -0.495 e. The molecular formula is C27H29ClN2O8S. The third-order valence-electron chi connectivity index (χ3n) is 5.65. The van der Waals surface area contributed by atoms with Crippen molar-refractivity contribution >= 4 is 44.9 Å². The van der Waals surface area contributed by atoms with Gasteiger partial charge < -0.3 is 24.3 Å². The van der Waals surface area contributed by atoms with E-state index in [4.69, 9.17) is 30.5 Å². The van der Waals surface area contributed by atoms with Crippen LogP contribution >= 0.6 is 11.6 Å². The van der Waals surface area contributed by atoms with Crippen molar-refractivity contribution in [1.29, 1.82) is 0 Å². The van der Waals surface area contributed by atoms with Crippen LogP contribution in [0.3, 0.4) is 0 Å². The molecule has 3 aromatic carbocycles. The van der Waals surface area contributed by atoms with Crippen molar-refractivity contribution in [2.45, 2.75) is 18.7 Å². The maximum Gasteiger partial charge on any atom is 0.338 e. The molecule has 0 saturated heterocycles. The summed E-state index contributed by atoms with van der Waals surface area (Å²) in [6.07, 6.45) is 0. The number of hydrogen-bond donors (Lipinski definition) is 1. The van der Waals surface area contributed by atoms with Crippen LogP contribution in [0.25, 0.3) is 0 Å². The van der Waals surface area contributed by atoms with E-state index in [-0.39, 0.29) is 33.7 Å². The van der Waals surface area contributed by atoms with Crippen LogP contribution in [-0.4, -0.2) is 54.8 Å². The number of anilines is 2. The number of sulfonamides is 1. The van der Waals surface area contributed by atoms with Crippen molar-refractivity contribution in [3.8, 4) is 17.2 Å². The second-order valence-electron chi connectivity index (χ2n) is 8.14. The van der Waals surface area contributed by atoms with Crippen molar-refractivity contribution in [2.75, 3.05) is 44.1 Å². The first-order valence-corrected chi connectivity index (χ1v) is 13.5. The smallest absolute Gasteiger partial charge is 0.338 e. The van der Waals surface area contributed by atoms with Crippen LogP contribution in [0.2, 0.25) is 5.02 Å². The van der Waals surface area contributed by atoms with Gasteiger partial charge in [-0.1, -0.05) is 11.6 Å². The van der Waals surface area contributed by atoms with Gasteiger partial charge in [-0.15, -0.1) is 0 Å². The second-order valence-corrected chi connectivity index (χ2v) is 10.4. The number of rotatable bonds is 11. The molecule has 0 fully saturated rings. The van der Waals surface area contributed by atoms with Gasteiger partial charge in [0.1, 0.15) is 12.3 Å². The molecule has 12 heteroatoms. The zero-order chi connectivity index (χ0) is 28.7. The Labute approximate surface area is 232 Å². The number of halogens is 1. The normalized spacial score (nSPS) is 10.9. The fourth-order valence-electron chi connectivity index (χ4n) is 3.73. The van der Waals surface area contributed by atoms with Crippen molar-refractivity contribution in [3.63, 3.8) is 0 Å². The topological polar surface area (TPSA) is 120 Å². The molecule has 3 rings (SSSR count). The lowest BCUT2D eigenvalue weighted by Gasteiger charge is -2.26. The van der Waals surface area contributed by atoms with Gasteiger partial charge in [0, 0.05) is 16.8 Å². The highest BCUT2D eigenvalue weighted by Gasteiger charge is 2.31. The summed E-state index contributed by atoms with van der Waals surface area (Å²) >= 11 is 6.20. The summed E-state index contributed by atoms with van der Waals surface area (Å²) in [4.78, 5) is 25.1. The highest BCUT2D eigenvalue weighted by atomic mass is 35.5. The van der Waals surface area contributed by atoms with Gasteiger partial charge in [-0.2, -0.15) is 0 Å². The SMILES string of the molecule is CCOC(=O)c1ccc(NC(=O)CN(c2cc(Cl)ccc2OC)S(=O)(=O)c2ccc(OC)c(OC)c2)c(C)c1. The van der Waals surface area contributed by atoms with Gasteiger partial charge in [0.05, 0.1) is 44.1 Å². The number of benzene rings is 3. The first-order chi connectivity index (χ1) is 18.5. The predicted molar refractivity (Wildman–Crippen MR) is 148 cm³/mol. The number of aryl methyl sites for hydroxylation is 1. The van der Waals surface area contributed by atoms with E-state index in [2.05, 4.69) is 5.32 Å². The Morgan fingerprint density at radius 1 is 0.897 bits per heavy atom. The van der Waals surface area contributed by atoms with Gasteiger partial charge in [-0.05, 0) is 67.9 Å². The number of carbonyl (C=O) groups is 2. The van der Waals surface area contributed by atoms with Gasteiger partial charge >= 0.3 is 5.97 Å². The van der Waals surface area contributed by atoms with E-state index in [0.717, 1.165) is 4.31 Å². The van der Waals surface area contributed by atoms with Crippen LogP contribution in [0, 0.1) is 6.92 Å². The van der Waals surface area contributed by atoms with Crippen LogP contribution in [-0.2, 0) is 19.6 Å². The number of methoxy groups -OCH3 is 3. The van der Waals surface area contributed by atoms with Gasteiger partial charge in [0.2, 0.25) is 5.91 Å². The first-order valence-electron chi connectivity index (χ1n) is 11.7. The summed E-state index contributed by atoms with van der Waals surface area (Å²) in [5, 5.41) is 2.95. The fraction of sp³-hybridized carbons (Fsp3) is 0.259. The third-order valence-corrected chi connectivity index (χ3v) is 7.64. The number of hydrogen-bond acceptors (Lipinski definition) is 8. The lowest BCUT2D eigenvalue weighted by atomic mass is 10.1. The lowest BCUT2D eigenvalue weighted by Crippen LogP contribution is -2.38. The van der Waals surface area contributed by atoms with E-state index < -0.39 is 28.4 Å². The van der Waals surface area contributed by atoms with Crippen LogP contribution in [0.15, 0.2) is 59.5 Å². The average Bonchev–Trinajstić information content (AvgIpc) is 2.92. The molecule has 0 bridgehead atoms. The average molecular weight is 577 g/mol. The molecule has 0 saturated carbocycles. The number of nitrogens with one attached hydrogen (secondary N) is 1. The molecule has 0 aliphatic heterocycles. The highest BCUT2D eigenvalue weighted by molar-refractivity contribution is 7.92. The molecule has 3 aromatic rings. The summed E-state index contributed by atoms with van der Waals surface area (Å²) in [5.74, 6) is -0.417. The number of nitrogens with zero attached hydrogens (tertiary/aromatic N) is 1. The summed E-state index contributed by atoms with van der Waals surface area (Å²) in [6.45, 7) is 3.02. The molecule has 0 radical (unpaired) electrons. The monoisotopic (exact) mass is 576 g/mol. The second kappa shape index (κ2) is 12.7. The fourth-order valence-corrected chi connectivity index (χ4v) is 5.33. The molecule has 1 N–H and O–H groups in total. The molecule has 0 aromatic heterocycles. The molecule has 0 spiro atoms. The molecule has 0 heterocycles. The molecule has 1 amide bonds. The zero-order valence-corrected chi connectivity index (χ0v) is 23.7. The molecular weight excluding hydrogens is 548 g/mol.